The molecule has 2 aromatic heterocycles. The Bertz CT molecular complexity index is 791. The second kappa shape index (κ2) is 6.43. The molecule has 0 saturated heterocycles. The molecule has 0 radical (unpaired) electrons. The number of ether oxygens (including phenoxy) is 1. The number of hydrogen-bond donors (Lipinski definition) is 0. The van der Waals surface area contributed by atoms with E-state index in [1.807, 2.05) is 13.8 Å². The molecule has 3 rings (SSSR count). The van der Waals surface area contributed by atoms with Crippen molar-refractivity contribution in [1.82, 2.24) is 9.55 Å². The Labute approximate surface area is 139 Å². The maximum Gasteiger partial charge on any atom is 0.329 e. The fraction of sp³-hybridized carbons (Fsp3) is 0.588. The van der Waals surface area contributed by atoms with E-state index in [2.05, 4.69) is 4.98 Å². The second-order valence-electron chi connectivity index (χ2n) is 6.55. The number of thiophene rings is 1. The SMILES string of the molecule is CC(C)COC(=O)[C@H](C)n1cnc2sc3c(c2c1=O)CCCC3. The highest BCUT2D eigenvalue weighted by molar-refractivity contribution is 7.18. The third-order valence-electron chi connectivity index (χ3n) is 4.22. The van der Waals surface area contributed by atoms with Gasteiger partial charge >= 0.3 is 5.97 Å². The lowest BCUT2D eigenvalue weighted by molar-refractivity contribution is -0.148. The van der Waals surface area contributed by atoms with E-state index in [4.69, 9.17) is 4.74 Å². The van der Waals surface area contributed by atoms with E-state index < -0.39 is 6.04 Å². The van der Waals surface area contributed by atoms with Crippen molar-refractivity contribution < 1.29 is 9.53 Å². The van der Waals surface area contributed by atoms with Crippen molar-refractivity contribution in [3.8, 4) is 0 Å². The van der Waals surface area contributed by atoms with Crippen LogP contribution in [0.1, 0.15) is 50.1 Å². The number of rotatable bonds is 4. The third kappa shape index (κ3) is 3.04. The van der Waals surface area contributed by atoms with Gasteiger partial charge in [0.2, 0.25) is 0 Å². The van der Waals surface area contributed by atoms with Crippen LogP contribution >= 0.6 is 11.3 Å². The first-order valence-corrected chi connectivity index (χ1v) is 8.98. The predicted molar refractivity (Wildman–Crippen MR) is 91.0 cm³/mol. The number of aromatic nitrogens is 2. The summed E-state index contributed by atoms with van der Waals surface area (Å²) in [5.74, 6) is -0.113. The number of hydrogen-bond acceptors (Lipinski definition) is 5. The molecule has 1 aliphatic carbocycles. The first-order chi connectivity index (χ1) is 11.0. The molecule has 0 fully saturated rings. The van der Waals surface area contributed by atoms with Gasteiger partial charge in [0.05, 0.1) is 18.3 Å². The molecular weight excluding hydrogens is 312 g/mol. The molecule has 6 heteroatoms. The van der Waals surface area contributed by atoms with E-state index in [1.54, 1.807) is 18.3 Å². The van der Waals surface area contributed by atoms with Crippen LogP contribution in [0.25, 0.3) is 10.2 Å². The number of carbonyl (C=O) groups excluding carboxylic acids is 1. The monoisotopic (exact) mass is 334 g/mol. The largest absolute Gasteiger partial charge is 0.464 e. The zero-order valence-electron chi connectivity index (χ0n) is 13.8. The van der Waals surface area contributed by atoms with E-state index >= 15 is 0 Å². The van der Waals surface area contributed by atoms with Gasteiger partial charge in [-0.05, 0) is 44.1 Å². The lowest BCUT2D eigenvalue weighted by atomic mass is 9.97. The number of aryl methyl sites for hydroxylation is 2. The van der Waals surface area contributed by atoms with Crippen LogP contribution < -0.4 is 5.56 Å². The molecular formula is C17H22N2O3S. The van der Waals surface area contributed by atoms with Gasteiger partial charge in [-0.25, -0.2) is 9.78 Å². The van der Waals surface area contributed by atoms with E-state index in [1.165, 1.54) is 22.2 Å². The quantitative estimate of drug-likeness (QED) is 0.806. The van der Waals surface area contributed by atoms with Crippen molar-refractivity contribution in [2.75, 3.05) is 6.61 Å². The molecule has 0 bridgehead atoms. The van der Waals surface area contributed by atoms with Crippen molar-refractivity contribution in [3.63, 3.8) is 0 Å². The van der Waals surface area contributed by atoms with Crippen molar-refractivity contribution in [3.05, 3.63) is 27.1 Å². The molecule has 0 unspecified atom stereocenters. The molecule has 0 amide bonds. The maximum atomic E-state index is 12.9. The number of fused-ring (bicyclic) bond motifs is 3. The van der Waals surface area contributed by atoms with Gasteiger partial charge in [-0.2, -0.15) is 0 Å². The number of nitrogens with zero attached hydrogens (tertiary/aromatic N) is 2. The van der Waals surface area contributed by atoms with Gasteiger partial charge in [-0.15, -0.1) is 11.3 Å². The van der Waals surface area contributed by atoms with Crippen molar-refractivity contribution in [1.29, 1.82) is 0 Å². The molecule has 2 aromatic rings. The van der Waals surface area contributed by atoms with Crippen LogP contribution in [0.4, 0.5) is 0 Å². The van der Waals surface area contributed by atoms with E-state index in [9.17, 15) is 9.59 Å². The van der Waals surface area contributed by atoms with Gasteiger partial charge in [0.25, 0.3) is 5.56 Å². The average molecular weight is 334 g/mol. The van der Waals surface area contributed by atoms with Crippen LogP contribution in [0, 0.1) is 5.92 Å². The highest BCUT2D eigenvalue weighted by Gasteiger charge is 2.24. The highest BCUT2D eigenvalue weighted by Crippen LogP contribution is 2.33. The highest BCUT2D eigenvalue weighted by atomic mass is 32.1. The summed E-state index contributed by atoms with van der Waals surface area (Å²) < 4.78 is 6.67. The summed E-state index contributed by atoms with van der Waals surface area (Å²) in [6.45, 7) is 6.02. The Balaban J connectivity index is 1.97. The van der Waals surface area contributed by atoms with Gasteiger partial charge < -0.3 is 4.74 Å². The summed E-state index contributed by atoms with van der Waals surface area (Å²) in [6.07, 6.45) is 5.73. The fourth-order valence-electron chi connectivity index (χ4n) is 2.92. The average Bonchev–Trinajstić information content (AvgIpc) is 2.91. The normalized spacial score (nSPS) is 15.7. The Morgan fingerprint density at radius 2 is 2.09 bits per heavy atom. The molecule has 0 spiro atoms. The summed E-state index contributed by atoms with van der Waals surface area (Å²) >= 11 is 1.62. The minimum absolute atomic E-state index is 0.122. The minimum Gasteiger partial charge on any atom is -0.464 e. The number of carbonyl (C=O) groups is 1. The molecule has 1 atom stereocenters. The first-order valence-electron chi connectivity index (χ1n) is 8.17. The Hall–Kier alpha value is -1.69. The van der Waals surface area contributed by atoms with E-state index in [0.29, 0.717) is 12.0 Å². The molecule has 0 saturated carbocycles. The standard InChI is InChI=1S/C17H22N2O3S/c1-10(2)8-22-17(21)11(3)19-9-18-15-14(16(19)20)12-6-4-5-7-13(12)23-15/h9-11H,4-8H2,1-3H3/t11-/m0/s1. The second-order valence-corrected chi connectivity index (χ2v) is 7.63. The Morgan fingerprint density at radius 1 is 1.35 bits per heavy atom. The lowest BCUT2D eigenvalue weighted by Gasteiger charge is -2.15. The van der Waals surface area contributed by atoms with Gasteiger partial charge in [0.1, 0.15) is 10.9 Å². The molecule has 124 valence electrons. The maximum absolute atomic E-state index is 12.9. The third-order valence-corrected chi connectivity index (χ3v) is 5.42. The van der Waals surface area contributed by atoms with E-state index in [0.717, 1.165) is 29.7 Å². The molecule has 0 aliphatic heterocycles. The molecule has 2 heterocycles. The number of esters is 1. The minimum atomic E-state index is -0.655. The summed E-state index contributed by atoms with van der Waals surface area (Å²) in [5, 5.41) is 0.704. The molecule has 0 aromatic carbocycles. The summed E-state index contributed by atoms with van der Waals surface area (Å²) in [5.41, 5.74) is 1.02. The summed E-state index contributed by atoms with van der Waals surface area (Å²) in [6, 6.07) is -0.655. The van der Waals surface area contributed by atoms with Crippen LogP contribution in [0.3, 0.4) is 0 Å². The molecule has 0 N–H and O–H groups in total. The van der Waals surface area contributed by atoms with Gasteiger partial charge in [-0.1, -0.05) is 13.8 Å². The van der Waals surface area contributed by atoms with Crippen LogP contribution in [0.2, 0.25) is 0 Å². The molecule has 23 heavy (non-hydrogen) atoms. The molecule has 5 nitrogen and oxygen atoms in total. The fourth-order valence-corrected chi connectivity index (χ4v) is 4.14. The van der Waals surface area contributed by atoms with E-state index in [-0.39, 0.29) is 17.4 Å². The van der Waals surface area contributed by atoms with Crippen LogP contribution in [0.15, 0.2) is 11.1 Å². The van der Waals surface area contributed by atoms with Crippen molar-refractivity contribution in [2.45, 2.75) is 52.5 Å². The van der Waals surface area contributed by atoms with Crippen LogP contribution in [-0.2, 0) is 22.4 Å². The topological polar surface area (TPSA) is 61.2 Å². The van der Waals surface area contributed by atoms with Crippen LogP contribution in [0.5, 0.6) is 0 Å². The Morgan fingerprint density at radius 3 is 2.83 bits per heavy atom. The lowest BCUT2D eigenvalue weighted by Crippen LogP contribution is -2.30. The van der Waals surface area contributed by atoms with Crippen LogP contribution in [-0.4, -0.2) is 22.1 Å². The van der Waals surface area contributed by atoms with Gasteiger partial charge in [-0.3, -0.25) is 9.36 Å². The summed E-state index contributed by atoms with van der Waals surface area (Å²) in [7, 11) is 0. The zero-order chi connectivity index (χ0) is 16.6. The molecule has 1 aliphatic rings. The van der Waals surface area contributed by atoms with Gasteiger partial charge in [0.15, 0.2) is 0 Å². The van der Waals surface area contributed by atoms with Crippen molar-refractivity contribution in [2.24, 2.45) is 5.92 Å². The van der Waals surface area contributed by atoms with Gasteiger partial charge in [0, 0.05) is 4.88 Å². The smallest absolute Gasteiger partial charge is 0.329 e. The Kier molecular flexibility index (Phi) is 4.53. The summed E-state index contributed by atoms with van der Waals surface area (Å²) in [4.78, 5) is 31.5. The zero-order valence-corrected chi connectivity index (χ0v) is 14.6. The first kappa shape index (κ1) is 16.2. The van der Waals surface area contributed by atoms with Crippen molar-refractivity contribution >= 4 is 27.5 Å². The predicted octanol–water partition coefficient (Wildman–Crippen LogP) is 3.10.